The first-order chi connectivity index (χ1) is 8.16. The van der Waals surface area contributed by atoms with Gasteiger partial charge in [0.25, 0.3) is 0 Å². The molecule has 0 atom stereocenters. The molecule has 0 saturated carbocycles. The Morgan fingerprint density at radius 2 is 1.82 bits per heavy atom. The van der Waals surface area contributed by atoms with Crippen molar-refractivity contribution in [2.24, 2.45) is 0 Å². The number of furan rings is 1. The second kappa shape index (κ2) is 6.04. The van der Waals surface area contributed by atoms with E-state index in [1.165, 1.54) is 0 Å². The van der Waals surface area contributed by atoms with E-state index in [9.17, 15) is 4.79 Å². The van der Waals surface area contributed by atoms with E-state index in [4.69, 9.17) is 4.42 Å². The Balaban J connectivity index is 0.000000686. The molecule has 17 heavy (non-hydrogen) atoms. The largest absolute Gasteiger partial charge is 0.461 e. The second-order valence-corrected chi connectivity index (χ2v) is 3.55. The van der Waals surface area contributed by atoms with Crippen LogP contribution in [0.1, 0.15) is 36.9 Å². The molecule has 0 unspecified atom stereocenters. The lowest BCUT2D eigenvalue weighted by Gasteiger charge is -1.99. The van der Waals surface area contributed by atoms with Gasteiger partial charge in [0.15, 0.2) is 5.78 Å². The zero-order valence-corrected chi connectivity index (χ0v) is 10.8. The third-order valence-corrected chi connectivity index (χ3v) is 2.29. The van der Waals surface area contributed by atoms with Crippen molar-refractivity contribution in [2.75, 3.05) is 0 Å². The van der Waals surface area contributed by atoms with Crippen LogP contribution < -0.4 is 0 Å². The lowest BCUT2D eigenvalue weighted by Crippen LogP contribution is -1.91. The SMILES string of the molecule is CC.CC(=O)c1cccc(-c2ccc(C)o2)c1. The predicted molar refractivity (Wildman–Crippen MR) is 70.2 cm³/mol. The Morgan fingerprint density at radius 1 is 1.12 bits per heavy atom. The summed E-state index contributed by atoms with van der Waals surface area (Å²) < 4.78 is 5.49. The van der Waals surface area contributed by atoms with Gasteiger partial charge in [-0.3, -0.25) is 4.79 Å². The first-order valence-corrected chi connectivity index (χ1v) is 5.84. The van der Waals surface area contributed by atoms with E-state index in [2.05, 4.69) is 0 Å². The van der Waals surface area contributed by atoms with Gasteiger partial charge in [0, 0.05) is 11.1 Å². The maximum atomic E-state index is 11.2. The molecule has 1 aromatic carbocycles. The van der Waals surface area contributed by atoms with Gasteiger partial charge in [-0.05, 0) is 32.0 Å². The number of carbonyl (C=O) groups excluding carboxylic acids is 1. The fraction of sp³-hybridized carbons (Fsp3) is 0.267. The first kappa shape index (κ1) is 13.2. The zero-order chi connectivity index (χ0) is 12.8. The van der Waals surface area contributed by atoms with Crippen LogP contribution in [-0.2, 0) is 0 Å². The van der Waals surface area contributed by atoms with Gasteiger partial charge in [-0.1, -0.05) is 32.0 Å². The third kappa shape index (κ3) is 3.31. The van der Waals surface area contributed by atoms with E-state index in [1.807, 2.05) is 57.2 Å². The number of aryl methyl sites for hydroxylation is 1. The van der Waals surface area contributed by atoms with Gasteiger partial charge in [-0.2, -0.15) is 0 Å². The molecule has 0 radical (unpaired) electrons. The molecule has 90 valence electrons. The molecule has 0 bridgehead atoms. The van der Waals surface area contributed by atoms with Crippen LogP contribution in [-0.4, -0.2) is 5.78 Å². The molecule has 2 rings (SSSR count). The maximum absolute atomic E-state index is 11.2. The lowest BCUT2D eigenvalue weighted by molar-refractivity contribution is 0.101. The summed E-state index contributed by atoms with van der Waals surface area (Å²) in [6.07, 6.45) is 0. The molecule has 0 aliphatic rings. The van der Waals surface area contributed by atoms with Crippen LogP contribution in [0, 0.1) is 6.92 Å². The lowest BCUT2D eigenvalue weighted by atomic mass is 10.1. The topological polar surface area (TPSA) is 30.2 Å². The summed E-state index contributed by atoms with van der Waals surface area (Å²) in [6, 6.07) is 11.3. The number of hydrogen-bond donors (Lipinski definition) is 0. The Morgan fingerprint density at radius 3 is 2.35 bits per heavy atom. The van der Waals surface area contributed by atoms with E-state index in [0.717, 1.165) is 17.1 Å². The van der Waals surface area contributed by atoms with Crippen LogP contribution >= 0.6 is 0 Å². The third-order valence-electron chi connectivity index (χ3n) is 2.29. The van der Waals surface area contributed by atoms with E-state index in [1.54, 1.807) is 6.92 Å². The van der Waals surface area contributed by atoms with Crippen LogP contribution in [0.15, 0.2) is 40.8 Å². The number of hydrogen-bond acceptors (Lipinski definition) is 2. The quantitative estimate of drug-likeness (QED) is 0.712. The van der Waals surface area contributed by atoms with Gasteiger partial charge in [0.2, 0.25) is 0 Å². The number of benzene rings is 1. The average molecular weight is 230 g/mol. The standard InChI is InChI=1S/C13H12O2.C2H6/c1-9-6-7-13(15-9)12-5-3-4-11(8-12)10(2)14;1-2/h3-8H,1-2H3;1-2H3. The summed E-state index contributed by atoms with van der Waals surface area (Å²) in [5.41, 5.74) is 1.65. The van der Waals surface area contributed by atoms with Crippen molar-refractivity contribution in [1.29, 1.82) is 0 Å². The molecular formula is C15H18O2. The average Bonchev–Trinajstić information content (AvgIpc) is 2.79. The monoisotopic (exact) mass is 230 g/mol. The predicted octanol–water partition coefficient (Wildman–Crippen LogP) is 4.48. The first-order valence-electron chi connectivity index (χ1n) is 5.84. The van der Waals surface area contributed by atoms with Gasteiger partial charge >= 0.3 is 0 Å². The normalized spacial score (nSPS) is 9.41. The van der Waals surface area contributed by atoms with Crippen molar-refractivity contribution in [2.45, 2.75) is 27.7 Å². The molecule has 0 saturated heterocycles. The van der Waals surface area contributed by atoms with E-state index in [-0.39, 0.29) is 5.78 Å². The molecule has 2 nitrogen and oxygen atoms in total. The van der Waals surface area contributed by atoms with Gasteiger partial charge in [0.1, 0.15) is 11.5 Å². The molecule has 0 fully saturated rings. The van der Waals surface area contributed by atoms with Gasteiger partial charge in [0.05, 0.1) is 0 Å². The number of rotatable bonds is 2. The smallest absolute Gasteiger partial charge is 0.159 e. The van der Waals surface area contributed by atoms with Crippen molar-refractivity contribution in [3.05, 3.63) is 47.7 Å². The van der Waals surface area contributed by atoms with Crippen molar-refractivity contribution >= 4 is 5.78 Å². The summed E-state index contributed by atoms with van der Waals surface area (Å²) in [7, 11) is 0. The van der Waals surface area contributed by atoms with E-state index < -0.39 is 0 Å². The highest BCUT2D eigenvalue weighted by molar-refractivity contribution is 5.95. The van der Waals surface area contributed by atoms with Crippen LogP contribution in [0.4, 0.5) is 0 Å². The molecule has 0 amide bonds. The van der Waals surface area contributed by atoms with Crippen molar-refractivity contribution in [3.8, 4) is 11.3 Å². The fourth-order valence-corrected chi connectivity index (χ4v) is 1.48. The summed E-state index contributed by atoms with van der Waals surface area (Å²) in [5, 5.41) is 0. The van der Waals surface area contributed by atoms with Crippen LogP contribution in [0.5, 0.6) is 0 Å². The molecule has 0 aliphatic heterocycles. The molecule has 1 heterocycles. The Bertz CT molecular complexity index is 495. The highest BCUT2D eigenvalue weighted by Crippen LogP contribution is 2.22. The fourth-order valence-electron chi connectivity index (χ4n) is 1.48. The Hall–Kier alpha value is -1.83. The zero-order valence-electron chi connectivity index (χ0n) is 10.8. The molecule has 2 aromatic rings. The van der Waals surface area contributed by atoms with Crippen LogP contribution in [0.2, 0.25) is 0 Å². The minimum absolute atomic E-state index is 0.0696. The molecule has 0 N–H and O–H groups in total. The molecule has 0 aliphatic carbocycles. The molecular weight excluding hydrogens is 212 g/mol. The van der Waals surface area contributed by atoms with Crippen molar-refractivity contribution < 1.29 is 9.21 Å². The molecule has 1 aromatic heterocycles. The highest BCUT2D eigenvalue weighted by atomic mass is 16.3. The van der Waals surface area contributed by atoms with E-state index in [0.29, 0.717) is 5.56 Å². The highest BCUT2D eigenvalue weighted by Gasteiger charge is 2.05. The number of carbonyl (C=O) groups is 1. The Labute approximate surface area is 102 Å². The molecule has 0 spiro atoms. The van der Waals surface area contributed by atoms with Crippen molar-refractivity contribution in [3.63, 3.8) is 0 Å². The summed E-state index contributed by atoms with van der Waals surface area (Å²) in [4.78, 5) is 11.2. The second-order valence-electron chi connectivity index (χ2n) is 3.55. The van der Waals surface area contributed by atoms with Gasteiger partial charge < -0.3 is 4.42 Å². The summed E-state index contributed by atoms with van der Waals surface area (Å²) in [6.45, 7) is 7.46. The van der Waals surface area contributed by atoms with Crippen molar-refractivity contribution in [1.82, 2.24) is 0 Å². The molecule has 2 heteroatoms. The van der Waals surface area contributed by atoms with Gasteiger partial charge in [-0.25, -0.2) is 0 Å². The minimum Gasteiger partial charge on any atom is -0.461 e. The number of Topliss-reactive ketones (excluding diaryl/α,β-unsaturated/α-hetero) is 1. The van der Waals surface area contributed by atoms with Crippen LogP contribution in [0.3, 0.4) is 0 Å². The number of ketones is 1. The summed E-state index contributed by atoms with van der Waals surface area (Å²) >= 11 is 0. The summed E-state index contributed by atoms with van der Waals surface area (Å²) in [5.74, 6) is 1.74. The maximum Gasteiger partial charge on any atom is 0.159 e. The van der Waals surface area contributed by atoms with Gasteiger partial charge in [-0.15, -0.1) is 0 Å². The van der Waals surface area contributed by atoms with Crippen LogP contribution in [0.25, 0.3) is 11.3 Å². The van der Waals surface area contributed by atoms with E-state index >= 15 is 0 Å². The Kier molecular flexibility index (Phi) is 4.70. The minimum atomic E-state index is 0.0696.